The van der Waals surface area contributed by atoms with E-state index in [1.807, 2.05) is 12.1 Å². The van der Waals surface area contributed by atoms with Crippen LogP contribution in [0.5, 0.6) is 11.5 Å². The van der Waals surface area contributed by atoms with Crippen molar-refractivity contribution < 1.29 is 19.0 Å². The molecule has 1 aliphatic heterocycles. The van der Waals surface area contributed by atoms with Gasteiger partial charge in [0.05, 0.1) is 20.3 Å². The summed E-state index contributed by atoms with van der Waals surface area (Å²) >= 11 is 0. The molecule has 7 nitrogen and oxygen atoms in total. The van der Waals surface area contributed by atoms with Gasteiger partial charge in [-0.2, -0.15) is 0 Å². The molecule has 0 bridgehead atoms. The Hall–Kier alpha value is -2.64. The second kappa shape index (κ2) is 8.46. The molecule has 1 fully saturated rings. The Bertz CT molecular complexity index is 703. The van der Waals surface area contributed by atoms with E-state index in [9.17, 15) is 4.79 Å². The molecule has 1 aromatic carbocycles. The number of hydrogen-bond acceptors (Lipinski definition) is 6. The van der Waals surface area contributed by atoms with Crippen molar-refractivity contribution in [1.82, 2.24) is 10.3 Å². The lowest BCUT2D eigenvalue weighted by Crippen LogP contribution is -2.48. The molecule has 1 unspecified atom stereocenters. The zero-order chi connectivity index (χ0) is 17.5. The molecule has 1 atom stereocenters. The number of carbonyl (C=O) groups is 1. The number of pyridine rings is 1. The molecule has 2 aromatic rings. The molecule has 3 rings (SSSR count). The van der Waals surface area contributed by atoms with Gasteiger partial charge in [-0.25, -0.2) is 0 Å². The Morgan fingerprint density at radius 3 is 3.04 bits per heavy atom. The number of benzene rings is 1. The van der Waals surface area contributed by atoms with Gasteiger partial charge in [-0.05, 0) is 18.2 Å². The number of rotatable bonds is 6. The molecule has 2 heterocycles. The van der Waals surface area contributed by atoms with Gasteiger partial charge in [0.25, 0.3) is 0 Å². The van der Waals surface area contributed by atoms with Crippen LogP contribution >= 0.6 is 0 Å². The Morgan fingerprint density at radius 1 is 1.40 bits per heavy atom. The van der Waals surface area contributed by atoms with Gasteiger partial charge >= 0.3 is 0 Å². The highest BCUT2D eigenvalue weighted by molar-refractivity contribution is 5.95. The average molecular weight is 343 g/mol. The quantitative estimate of drug-likeness (QED) is 0.829. The van der Waals surface area contributed by atoms with Gasteiger partial charge in [-0.1, -0.05) is 6.07 Å². The van der Waals surface area contributed by atoms with E-state index in [1.165, 1.54) is 0 Å². The summed E-state index contributed by atoms with van der Waals surface area (Å²) in [5.74, 6) is 1.01. The van der Waals surface area contributed by atoms with Crippen molar-refractivity contribution in [2.45, 2.75) is 12.6 Å². The van der Waals surface area contributed by atoms with Crippen LogP contribution in [0, 0.1) is 0 Å². The number of hydrogen-bond donors (Lipinski definition) is 2. The van der Waals surface area contributed by atoms with Gasteiger partial charge in [-0.3, -0.25) is 9.78 Å². The lowest BCUT2D eigenvalue weighted by molar-refractivity contribution is -0.120. The van der Waals surface area contributed by atoms with Crippen molar-refractivity contribution in [1.29, 1.82) is 0 Å². The fourth-order valence-electron chi connectivity index (χ4n) is 2.48. The van der Waals surface area contributed by atoms with Crippen LogP contribution in [0.4, 0.5) is 5.69 Å². The second-order valence-corrected chi connectivity index (χ2v) is 5.59. The summed E-state index contributed by atoms with van der Waals surface area (Å²) in [6.45, 7) is 2.02. The smallest absolute Gasteiger partial charge is 0.243 e. The Balaban J connectivity index is 1.67. The molecule has 132 valence electrons. The summed E-state index contributed by atoms with van der Waals surface area (Å²) < 4.78 is 16.5. The lowest BCUT2D eigenvalue weighted by atomic mass is 10.2. The number of nitrogens with zero attached hydrogens (tertiary/aromatic N) is 1. The summed E-state index contributed by atoms with van der Waals surface area (Å²) in [5.41, 5.74) is 1.59. The topological polar surface area (TPSA) is 81.7 Å². The third-order valence-electron chi connectivity index (χ3n) is 3.79. The lowest BCUT2D eigenvalue weighted by Gasteiger charge is -2.23. The van der Waals surface area contributed by atoms with E-state index >= 15 is 0 Å². The molecular weight excluding hydrogens is 322 g/mol. The van der Waals surface area contributed by atoms with Crippen molar-refractivity contribution in [2.75, 3.05) is 32.2 Å². The van der Waals surface area contributed by atoms with E-state index in [4.69, 9.17) is 14.2 Å². The molecule has 25 heavy (non-hydrogen) atoms. The minimum Gasteiger partial charge on any atom is -0.493 e. The normalized spacial score (nSPS) is 16.9. The zero-order valence-corrected chi connectivity index (χ0v) is 14.0. The first-order valence-electron chi connectivity index (χ1n) is 8.08. The molecule has 0 saturated carbocycles. The van der Waals surface area contributed by atoms with Crippen molar-refractivity contribution in [3.05, 3.63) is 48.3 Å². The van der Waals surface area contributed by atoms with Crippen molar-refractivity contribution >= 4 is 11.6 Å². The number of anilines is 1. The minimum atomic E-state index is -0.351. The molecule has 1 saturated heterocycles. The first kappa shape index (κ1) is 17.2. The maximum atomic E-state index is 12.3. The highest BCUT2D eigenvalue weighted by atomic mass is 16.5. The van der Waals surface area contributed by atoms with E-state index in [1.54, 1.807) is 37.7 Å². The van der Waals surface area contributed by atoms with Crippen LogP contribution in [0.3, 0.4) is 0 Å². The summed E-state index contributed by atoms with van der Waals surface area (Å²) in [7, 11) is 1.58. The SMILES string of the molecule is COc1ccc(NC(=O)C2COCCN2)cc1OCc1cccnc1. The minimum absolute atomic E-state index is 0.136. The van der Waals surface area contributed by atoms with E-state index in [2.05, 4.69) is 15.6 Å². The number of nitrogens with one attached hydrogen (secondary N) is 2. The summed E-state index contributed by atoms with van der Waals surface area (Å²) in [5, 5.41) is 6.00. The predicted octanol–water partition coefficient (Wildman–Crippen LogP) is 1.60. The van der Waals surface area contributed by atoms with Gasteiger partial charge in [-0.15, -0.1) is 0 Å². The van der Waals surface area contributed by atoms with Crippen LogP contribution in [0.1, 0.15) is 5.56 Å². The molecule has 1 aromatic heterocycles. The van der Waals surface area contributed by atoms with Crippen molar-refractivity contribution in [2.24, 2.45) is 0 Å². The Labute approximate surface area is 146 Å². The molecule has 1 amide bonds. The van der Waals surface area contributed by atoms with Crippen LogP contribution in [0.15, 0.2) is 42.7 Å². The van der Waals surface area contributed by atoms with Gasteiger partial charge < -0.3 is 24.8 Å². The van der Waals surface area contributed by atoms with E-state index in [-0.39, 0.29) is 11.9 Å². The molecule has 2 N–H and O–H groups in total. The number of methoxy groups -OCH3 is 1. The maximum Gasteiger partial charge on any atom is 0.243 e. The fraction of sp³-hybridized carbons (Fsp3) is 0.333. The third-order valence-corrected chi connectivity index (χ3v) is 3.79. The third kappa shape index (κ3) is 4.68. The summed E-state index contributed by atoms with van der Waals surface area (Å²) in [6.07, 6.45) is 3.45. The number of amides is 1. The van der Waals surface area contributed by atoms with Crippen LogP contribution in [-0.2, 0) is 16.1 Å². The summed E-state index contributed by atoms with van der Waals surface area (Å²) in [4.78, 5) is 16.3. The van der Waals surface area contributed by atoms with Crippen molar-refractivity contribution in [3.8, 4) is 11.5 Å². The molecule has 1 aliphatic rings. The molecular formula is C18H21N3O4. The Morgan fingerprint density at radius 2 is 2.32 bits per heavy atom. The van der Waals surface area contributed by atoms with E-state index in [0.717, 1.165) is 5.56 Å². The van der Waals surface area contributed by atoms with Crippen LogP contribution < -0.4 is 20.1 Å². The highest BCUT2D eigenvalue weighted by Crippen LogP contribution is 2.31. The average Bonchev–Trinajstić information content (AvgIpc) is 2.68. The first-order valence-corrected chi connectivity index (χ1v) is 8.08. The second-order valence-electron chi connectivity index (χ2n) is 5.59. The highest BCUT2D eigenvalue weighted by Gasteiger charge is 2.21. The molecule has 0 aliphatic carbocycles. The number of aromatic nitrogens is 1. The van der Waals surface area contributed by atoms with Crippen LogP contribution in [0.25, 0.3) is 0 Å². The van der Waals surface area contributed by atoms with E-state index < -0.39 is 0 Å². The van der Waals surface area contributed by atoms with Crippen molar-refractivity contribution in [3.63, 3.8) is 0 Å². The molecule has 0 spiro atoms. The van der Waals surface area contributed by atoms with Crippen LogP contribution in [-0.4, -0.2) is 43.8 Å². The largest absolute Gasteiger partial charge is 0.493 e. The van der Waals surface area contributed by atoms with E-state index in [0.29, 0.717) is 43.6 Å². The van der Waals surface area contributed by atoms with Gasteiger partial charge in [0.2, 0.25) is 5.91 Å². The Kier molecular flexibility index (Phi) is 5.81. The number of carbonyl (C=O) groups excluding carboxylic acids is 1. The first-order chi connectivity index (χ1) is 12.3. The van der Waals surface area contributed by atoms with Gasteiger partial charge in [0, 0.05) is 36.3 Å². The molecule has 0 radical (unpaired) electrons. The standard InChI is InChI=1S/C18H21N3O4/c1-23-16-5-4-14(21-18(22)15-12-24-8-7-20-15)9-17(16)25-11-13-3-2-6-19-10-13/h2-6,9-10,15,20H,7-8,11-12H2,1H3,(H,21,22). The zero-order valence-electron chi connectivity index (χ0n) is 14.0. The monoisotopic (exact) mass is 343 g/mol. The summed E-state index contributed by atoms with van der Waals surface area (Å²) in [6, 6.07) is 8.72. The molecule has 7 heteroatoms. The fourth-order valence-corrected chi connectivity index (χ4v) is 2.48. The van der Waals surface area contributed by atoms with Crippen LogP contribution in [0.2, 0.25) is 0 Å². The maximum absolute atomic E-state index is 12.3. The van der Waals surface area contributed by atoms with Gasteiger partial charge in [0.1, 0.15) is 12.6 Å². The van der Waals surface area contributed by atoms with Gasteiger partial charge in [0.15, 0.2) is 11.5 Å². The number of morpholine rings is 1. The number of ether oxygens (including phenoxy) is 3. The predicted molar refractivity (Wildman–Crippen MR) is 92.8 cm³/mol.